The van der Waals surface area contributed by atoms with Gasteiger partial charge < -0.3 is 14.7 Å². The van der Waals surface area contributed by atoms with Gasteiger partial charge >= 0.3 is 5.97 Å². The zero-order chi connectivity index (χ0) is 11.9. The van der Waals surface area contributed by atoms with Crippen molar-refractivity contribution < 1.29 is 14.6 Å². The fourth-order valence-electron chi connectivity index (χ4n) is 2.83. The van der Waals surface area contributed by atoms with Crippen molar-refractivity contribution in [2.75, 3.05) is 24.7 Å². The van der Waals surface area contributed by atoms with Gasteiger partial charge in [-0.05, 0) is 18.1 Å². The van der Waals surface area contributed by atoms with E-state index in [1.54, 1.807) is 0 Å². The Balaban J connectivity index is 2.02. The van der Waals surface area contributed by atoms with Gasteiger partial charge in [0.2, 0.25) is 0 Å². The monoisotopic (exact) mass is 233 g/mol. The second-order valence-corrected chi connectivity index (χ2v) is 4.67. The molecule has 0 bridgehead atoms. The summed E-state index contributed by atoms with van der Waals surface area (Å²) in [4.78, 5) is 13.6. The number of para-hydroxylation sites is 1. The van der Waals surface area contributed by atoms with Gasteiger partial charge in [0, 0.05) is 25.3 Å². The van der Waals surface area contributed by atoms with Gasteiger partial charge in [-0.15, -0.1) is 0 Å². The number of benzene rings is 1. The largest absolute Gasteiger partial charge is 0.479 e. The molecule has 2 aliphatic heterocycles. The maximum absolute atomic E-state index is 11.6. The van der Waals surface area contributed by atoms with Crippen molar-refractivity contribution in [3.8, 4) is 0 Å². The highest BCUT2D eigenvalue weighted by Gasteiger charge is 2.49. The lowest BCUT2D eigenvalue weighted by molar-refractivity contribution is -0.143. The summed E-state index contributed by atoms with van der Waals surface area (Å²) in [7, 11) is 0. The first-order valence-electron chi connectivity index (χ1n) is 5.91. The summed E-state index contributed by atoms with van der Waals surface area (Å²) in [6, 6.07) is 8.04. The van der Waals surface area contributed by atoms with E-state index in [9.17, 15) is 9.90 Å². The summed E-state index contributed by atoms with van der Waals surface area (Å²) in [5.74, 6) is -0.772. The number of aliphatic carboxylic acids is 1. The van der Waals surface area contributed by atoms with Crippen LogP contribution in [0.3, 0.4) is 0 Å². The molecule has 90 valence electrons. The molecule has 0 spiro atoms. The lowest BCUT2D eigenvalue weighted by atomic mass is 9.96. The molecule has 2 aliphatic rings. The first-order valence-corrected chi connectivity index (χ1v) is 5.91. The third-order valence-corrected chi connectivity index (χ3v) is 3.80. The summed E-state index contributed by atoms with van der Waals surface area (Å²) in [5.41, 5.74) is 1.44. The highest BCUT2D eigenvalue weighted by Crippen LogP contribution is 2.37. The Hall–Kier alpha value is -1.55. The van der Waals surface area contributed by atoms with Crippen LogP contribution in [0, 0.1) is 0 Å². The van der Waals surface area contributed by atoms with Crippen molar-refractivity contribution in [1.82, 2.24) is 0 Å². The zero-order valence-electron chi connectivity index (χ0n) is 9.56. The molecule has 2 heterocycles. The normalized spacial score (nSPS) is 27.2. The van der Waals surface area contributed by atoms with Gasteiger partial charge in [-0.2, -0.15) is 0 Å². The van der Waals surface area contributed by atoms with Crippen molar-refractivity contribution in [2.45, 2.75) is 18.4 Å². The number of hydrogen-bond acceptors (Lipinski definition) is 3. The summed E-state index contributed by atoms with van der Waals surface area (Å²) in [5, 5.41) is 9.53. The quantitative estimate of drug-likeness (QED) is 0.836. The first-order chi connectivity index (χ1) is 8.24. The number of carboxylic acid groups (broad SMARTS) is 1. The van der Waals surface area contributed by atoms with Gasteiger partial charge in [-0.3, -0.25) is 0 Å². The van der Waals surface area contributed by atoms with Crippen LogP contribution in [-0.2, 0) is 16.0 Å². The van der Waals surface area contributed by atoms with E-state index in [0.717, 1.165) is 18.7 Å². The van der Waals surface area contributed by atoms with Crippen molar-refractivity contribution in [3.05, 3.63) is 29.8 Å². The van der Waals surface area contributed by atoms with Crippen LogP contribution in [0.4, 0.5) is 5.69 Å². The predicted molar refractivity (Wildman–Crippen MR) is 63.3 cm³/mol. The Morgan fingerprint density at radius 3 is 2.94 bits per heavy atom. The second kappa shape index (κ2) is 3.74. The minimum absolute atomic E-state index is 0.288. The summed E-state index contributed by atoms with van der Waals surface area (Å²) < 4.78 is 5.33. The SMILES string of the molecule is O=C(O)C1(N2CCc3ccccc32)CCOC1. The van der Waals surface area contributed by atoms with Crippen LogP contribution in [0.5, 0.6) is 0 Å². The van der Waals surface area contributed by atoms with Crippen LogP contribution in [-0.4, -0.2) is 36.4 Å². The van der Waals surface area contributed by atoms with Crippen LogP contribution in [0.2, 0.25) is 0 Å². The van der Waals surface area contributed by atoms with E-state index < -0.39 is 11.5 Å². The number of nitrogens with zero attached hydrogens (tertiary/aromatic N) is 1. The van der Waals surface area contributed by atoms with Crippen molar-refractivity contribution in [1.29, 1.82) is 0 Å². The molecule has 0 amide bonds. The Morgan fingerprint density at radius 2 is 2.24 bits per heavy atom. The minimum Gasteiger partial charge on any atom is -0.479 e. The van der Waals surface area contributed by atoms with Gasteiger partial charge in [-0.25, -0.2) is 4.79 Å². The first kappa shape index (κ1) is 10.6. The van der Waals surface area contributed by atoms with Gasteiger partial charge in [-0.1, -0.05) is 18.2 Å². The van der Waals surface area contributed by atoms with Crippen LogP contribution in [0.1, 0.15) is 12.0 Å². The summed E-state index contributed by atoms with van der Waals surface area (Å²) in [6.07, 6.45) is 1.49. The van der Waals surface area contributed by atoms with Gasteiger partial charge in [0.25, 0.3) is 0 Å². The fraction of sp³-hybridized carbons (Fsp3) is 0.462. The van der Waals surface area contributed by atoms with Gasteiger partial charge in [0.1, 0.15) is 0 Å². The fourth-order valence-corrected chi connectivity index (χ4v) is 2.83. The molecule has 3 rings (SSSR count). The molecule has 4 heteroatoms. The second-order valence-electron chi connectivity index (χ2n) is 4.67. The smallest absolute Gasteiger partial charge is 0.332 e. The molecule has 0 aromatic heterocycles. The van der Waals surface area contributed by atoms with Crippen LogP contribution in [0.25, 0.3) is 0 Å². The van der Waals surface area contributed by atoms with Gasteiger partial charge in [0.15, 0.2) is 5.54 Å². The zero-order valence-corrected chi connectivity index (χ0v) is 9.56. The maximum atomic E-state index is 11.6. The molecule has 0 aliphatic carbocycles. The van der Waals surface area contributed by atoms with E-state index in [1.165, 1.54) is 5.56 Å². The van der Waals surface area contributed by atoms with E-state index in [0.29, 0.717) is 13.0 Å². The Kier molecular flexibility index (Phi) is 2.33. The predicted octanol–water partition coefficient (Wildman–Crippen LogP) is 1.29. The molecule has 1 saturated heterocycles. The number of hydrogen-bond donors (Lipinski definition) is 1. The molecular formula is C13H15NO3. The number of anilines is 1. The van der Waals surface area contributed by atoms with Crippen molar-refractivity contribution in [3.63, 3.8) is 0 Å². The summed E-state index contributed by atoms with van der Waals surface area (Å²) >= 11 is 0. The maximum Gasteiger partial charge on any atom is 0.332 e. The molecule has 4 nitrogen and oxygen atoms in total. The molecular weight excluding hydrogens is 218 g/mol. The molecule has 1 aromatic carbocycles. The van der Waals surface area contributed by atoms with E-state index in [-0.39, 0.29) is 6.61 Å². The lowest BCUT2D eigenvalue weighted by Crippen LogP contribution is -2.55. The van der Waals surface area contributed by atoms with E-state index >= 15 is 0 Å². The molecule has 17 heavy (non-hydrogen) atoms. The highest BCUT2D eigenvalue weighted by atomic mass is 16.5. The molecule has 1 atom stereocenters. The van der Waals surface area contributed by atoms with Crippen LogP contribution < -0.4 is 4.90 Å². The number of carbonyl (C=O) groups is 1. The topological polar surface area (TPSA) is 49.8 Å². The minimum atomic E-state index is -0.855. The number of rotatable bonds is 2. The average molecular weight is 233 g/mol. The molecule has 1 N–H and O–H groups in total. The van der Waals surface area contributed by atoms with Crippen LogP contribution >= 0.6 is 0 Å². The molecule has 1 aromatic rings. The third kappa shape index (κ3) is 1.44. The van der Waals surface area contributed by atoms with E-state index in [4.69, 9.17) is 4.74 Å². The average Bonchev–Trinajstić information content (AvgIpc) is 2.95. The molecule has 0 saturated carbocycles. The standard InChI is InChI=1S/C13H15NO3/c15-12(16)13(6-8-17-9-13)14-7-5-10-3-1-2-4-11(10)14/h1-4H,5-9H2,(H,15,16). The third-order valence-electron chi connectivity index (χ3n) is 3.80. The molecule has 1 unspecified atom stereocenters. The van der Waals surface area contributed by atoms with Gasteiger partial charge in [0.05, 0.1) is 6.61 Å². The highest BCUT2D eigenvalue weighted by molar-refractivity contribution is 5.85. The number of carboxylic acids is 1. The number of fused-ring (bicyclic) bond motifs is 1. The Morgan fingerprint density at radius 1 is 1.41 bits per heavy atom. The Labute approximate surface area is 99.8 Å². The van der Waals surface area contributed by atoms with E-state index in [1.807, 2.05) is 23.1 Å². The molecule has 0 radical (unpaired) electrons. The van der Waals surface area contributed by atoms with Crippen molar-refractivity contribution in [2.24, 2.45) is 0 Å². The van der Waals surface area contributed by atoms with E-state index in [2.05, 4.69) is 6.07 Å². The summed E-state index contributed by atoms with van der Waals surface area (Å²) in [6.45, 7) is 1.59. The lowest BCUT2D eigenvalue weighted by Gasteiger charge is -2.35. The molecule has 1 fully saturated rings. The van der Waals surface area contributed by atoms with Crippen LogP contribution in [0.15, 0.2) is 24.3 Å². The van der Waals surface area contributed by atoms with Crippen molar-refractivity contribution >= 4 is 11.7 Å². The Bertz CT molecular complexity index is 452. The number of ether oxygens (including phenoxy) is 1.